The Hall–Kier alpha value is -0.750. The number of rotatable bonds is 3. The summed E-state index contributed by atoms with van der Waals surface area (Å²) in [6.07, 6.45) is 3.02. The van der Waals surface area contributed by atoms with Crippen molar-refractivity contribution >= 4 is 46.2 Å². The predicted molar refractivity (Wildman–Crippen MR) is 86.3 cm³/mol. The Bertz CT molecular complexity index is 449. The molecular formula is C13H17Cl3N2O3. The van der Waals surface area contributed by atoms with Crippen LogP contribution in [0.2, 0.25) is 0 Å². The number of halogens is 3. The third kappa shape index (κ3) is 7.18. The minimum atomic E-state index is -0.750. The highest BCUT2D eigenvalue weighted by atomic mass is 35.6. The Labute approximate surface area is 138 Å². The fourth-order valence-electron chi connectivity index (χ4n) is 2.19. The molecule has 0 spiro atoms. The lowest BCUT2D eigenvalue weighted by Gasteiger charge is -2.26. The summed E-state index contributed by atoms with van der Waals surface area (Å²) in [5.41, 5.74) is 0.678. The molecule has 0 aliphatic heterocycles. The van der Waals surface area contributed by atoms with E-state index >= 15 is 0 Å². The maximum Gasteiger partial charge on any atom is 0.292 e. The number of nitrogens with one attached hydrogen (secondary N) is 1. The normalized spacial score (nSPS) is 21.4. The van der Waals surface area contributed by atoms with Crippen molar-refractivity contribution in [1.82, 2.24) is 0 Å². The number of anilines is 1. The number of nitrogens with zero attached hydrogens (tertiary/aromatic N) is 1. The molecule has 2 rings (SSSR count). The van der Waals surface area contributed by atoms with E-state index in [-0.39, 0.29) is 22.8 Å². The molecule has 0 bridgehead atoms. The quantitative estimate of drug-likeness (QED) is 0.481. The van der Waals surface area contributed by atoms with Crippen molar-refractivity contribution in [2.24, 2.45) is 0 Å². The van der Waals surface area contributed by atoms with Crippen LogP contribution in [0.4, 0.5) is 11.4 Å². The standard InChI is InChI=1S/C12H16N2O3.CHCl3/c15-10-7-5-9(6-8-10)13-11-3-1-2-4-12(11)14(16)17;2-1(3)4/h1-4,9-10,13,15H,5-8H2;1H. The molecule has 118 valence electrons. The molecule has 0 aromatic heterocycles. The monoisotopic (exact) mass is 354 g/mol. The Balaban J connectivity index is 0.000000491. The van der Waals surface area contributed by atoms with Gasteiger partial charge < -0.3 is 10.4 Å². The zero-order valence-corrected chi connectivity index (χ0v) is 13.5. The van der Waals surface area contributed by atoms with Gasteiger partial charge in [0.2, 0.25) is 0 Å². The van der Waals surface area contributed by atoms with Crippen LogP contribution in [0.25, 0.3) is 0 Å². The van der Waals surface area contributed by atoms with Gasteiger partial charge in [-0.25, -0.2) is 0 Å². The van der Waals surface area contributed by atoms with Gasteiger partial charge in [-0.05, 0) is 31.7 Å². The van der Waals surface area contributed by atoms with E-state index in [1.165, 1.54) is 6.07 Å². The van der Waals surface area contributed by atoms with Gasteiger partial charge in [0.15, 0.2) is 4.30 Å². The first-order valence-corrected chi connectivity index (χ1v) is 7.81. The average molecular weight is 356 g/mol. The highest BCUT2D eigenvalue weighted by Gasteiger charge is 2.21. The van der Waals surface area contributed by atoms with Crippen LogP contribution < -0.4 is 5.32 Å². The number of nitro benzene ring substituents is 1. The van der Waals surface area contributed by atoms with E-state index in [2.05, 4.69) is 5.32 Å². The fourth-order valence-corrected chi connectivity index (χ4v) is 2.19. The van der Waals surface area contributed by atoms with Crippen LogP contribution in [0.5, 0.6) is 0 Å². The Morgan fingerprint density at radius 1 is 1.19 bits per heavy atom. The fraction of sp³-hybridized carbons (Fsp3) is 0.538. The first-order chi connectivity index (χ1) is 9.90. The van der Waals surface area contributed by atoms with Gasteiger partial charge in [-0.3, -0.25) is 10.1 Å². The van der Waals surface area contributed by atoms with Crippen molar-refractivity contribution in [1.29, 1.82) is 0 Å². The first kappa shape index (κ1) is 18.3. The molecule has 0 heterocycles. The summed E-state index contributed by atoms with van der Waals surface area (Å²) < 4.78 is -0.750. The number of nitro groups is 1. The lowest BCUT2D eigenvalue weighted by Crippen LogP contribution is -2.28. The van der Waals surface area contributed by atoms with Gasteiger partial charge in [-0.2, -0.15) is 0 Å². The van der Waals surface area contributed by atoms with Crippen LogP contribution >= 0.6 is 34.8 Å². The number of alkyl halides is 3. The summed E-state index contributed by atoms with van der Waals surface area (Å²) in [7, 11) is 0. The number of aliphatic hydroxyl groups excluding tert-OH is 1. The second-order valence-corrected chi connectivity index (χ2v) is 6.65. The zero-order chi connectivity index (χ0) is 15.8. The van der Waals surface area contributed by atoms with E-state index in [4.69, 9.17) is 34.8 Å². The third-order valence-electron chi connectivity index (χ3n) is 3.16. The van der Waals surface area contributed by atoms with Gasteiger partial charge in [0, 0.05) is 12.1 Å². The minimum Gasteiger partial charge on any atom is -0.393 e. The van der Waals surface area contributed by atoms with Crippen molar-refractivity contribution in [2.75, 3.05) is 5.32 Å². The number of aliphatic hydroxyl groups is 1. The number of benzene rings is 1. The minimum absolute atomic E-state index is 0.110. The number of para-hydroxylation sites is 2. The molecule has 2 N–H and O–H groups in total. The molecule has 5 nitrogen and oxygen atoms in total. The lowest BCUT2D eigenvalue weighted by atomic mass is 9.93. The van der Waals surface area contributed by atoms with E-state index < -0.39 is 4.30 Å². The maximum absolute atomic E-state index is 10.8. The van der Waals surface area contributed by atoms with Crippen LogP contribution in [0, 0.1) is 10.1 Å². The SMILES string of the molecule is ClC(Cl)Cl.O=[N+]([O-])c1ccccc1NC1CCC(O)CC1. The molecule has 1 aliphatic carbocycles. The highest BCUT2D eigenvalue weighted by molar-refractivity contribution is 6.63. The van der Waals surface area contributed by atoms with E-state index in [0.29, 0.717) is 5.69 Å². The second kappa shape index (κ2) is 9.30. The van der Waals surface area contributed by atoms with Crippen LogP contribution in [-0.4, -0.2) is 26.5 Å². The van der Waals surface area contributed by atoms with Gasteiger partial charge in [-0.15, -0.1) is 0 Å². The molecule has 0 unspecified atom stereocenters. The highest BCUT2D eigenvalue weighted by Crippen LogP contribution is 2.27. The van der Waals surface area contributed by atoms with Gasteiger partial charge in [0.05, 0.1) is 11.0 Å². The largest absolute Gasteiger partial charge is 0.393 e. The van der Waals surface area contributed by atoms with Gasteiger partial charge in [0.1, 0.15) is 5.69 Å². The average Bonchev–Trinajstić information content (AvgIpc) is 2.41. The smallest absolute Gasteiger partial charge is 0.292 e. The number of hydrogen-bond donors (Lipinski definition) is 2. The van der Waals surface area contributed by atoms with Crippen molar-refractivity contribution in [2.45, 2.75) is 42.1 Å². The van der Waals surface area contributed by atoms with Gasteiger partial charge in [-0.1, -0.05) is 46.9 Å². The second-order valence-electron chi connectivity index (χ2n) is 4.67. The molecule has 1 fully saturated rings. The first-order valence-electron chi connectivity index (χ1n) is 6.50. The van der Waals surface area contributed by atoms with E-state index in [0.717, 1.165) is 25.7 Å². The third-order valence-corrected chi connectivity index (χ3v) is 3.16. The molecule has 0 amide bonds. The van der Waals surface area contributed by atoms with Crippen molar-refractivity contribution < 1.29 is 10.0 Å². The molecule has 1 aromatic carbocycles. The maximum atomic E-state index is 10.8. The van der Waals surface area contributed by atoms with Crippen molar-refractivity contribution in [3.05, 3.63) is 34.4 Å². The van der Waals surface area contributed by atoms with E-state index in [1.54, 1.807) is 18.2 Å². The van der Waals surface area contributed by atoms with Gasteiger partial charge in [0.25, 0.3) is 5.69 Å². The van der Waals surface area contributed by atoms with Crippen LogP contribution in [-0.2, 0) is 0 Å². The molecular weight excluding hydrogens is 339 g/mol. The summed E-state index contributed by atoms with van der Waals surface area (Å²) >= 11 is 14.4. The summed E-state index contributed by atoms with van der Waals surface area (Å²) in [4.78, 5) is 10.5. The Kier molecular flexibility index (Phi) is 8.11. The summed E-state index contributed by atoms with van der Waals surface area (Å²) in [5, 5.41) is 23.4. The summed E-state index contributed by atoms with van der Waals surface area (Å²) in [6, 6.07) is 6.89. The van der Waals surface area contributed by atoms with Gasteiger partial charge >= 0.3 is 0 Å². The molecule has 21 heavy (non-hydrogen) atoms. The molecule has 1 aromatic rings. The molecule has 1 saturated carbocycles. The number of hydrogen-bond acceptors (Lipinski definition) is 4. The molecule has 1 aliphatic rings. The van der Waals surface area contributed by atoms with Crippen molar-refractivity contribution in [3.63, 3.8) is 0 Å². The van der Waals surface area contributed by atoms with Crippen molar-refractivity contribution in [3.8, 4) is 0 Å². The zero-order valence-electron chi connectivity index (χ0n) is 11.2. The van der Waals surface area contributed by atoms with E-state index in [9.17, 15) is 15.2 Å². The summed E-state index contributed by atoms with van der Waals surface area (Å²) in [6.45, 7) is 0. The van der Waals surface area contributed by atoms with E-state index in [1.807, 2.05) is 0 Å². The van der Waals surface area contributed by atoms with Crippen LogP contribution in [0.15, 0.2) is 24.3 Å². The predicted octanol–water partition coefficient (Wildman–Crippen LogP) is 4.30. The summed E-state index contributed by atoms with van der Waals surface area (Å²) in [5.74, 6) is 0. The molecule has 8 heteroatoms. The Morgan fingerprint density at radius 3 is 2.24 bits per heavy atom. The topological polar surface area (TPSA) is 75.4 Å². The lowest BCUT2D eigenvalue weighted by molar-refractivity contribution is -0.384. The molecule has 0 saturated heterocycles. The Morgan fingerprint density at radius 2 is 1.71 bits per heavy atom. The molecule has 0 atom stereocenters. The molecule has 0 radical (unpaired) electrons. The van der Waals surface area contributed by atoms with Crippen LogP contribution in [0.3, 0.4) is 0 Å². The van der Waals surface area contributed by atoms with Crippen LogP contribution in [0.1, 0.15) is 25.7 Å².